The van der Waals surface area contributed by atoms with E-state index in [1.54, 1.807) is 0 Å². The van der Waals surface area contributed by atoms with Gasteiger partial charge in [0, 0.05) is 17.3 Å². The fraction of sp³-hybridized carbons (Fsp3) is 0.364. The summed E-state index contributed by atoms with van der Waals surface area (Å²) in [7, 11) is 0. The first-order chi connectivity index (χ1) is 12.3. The van der Waals surface area contributed by atoms with Gasteiger partial charge in [-0.05, 0) is 42.5 Å². The van der Waals surface area contributed by atoms with Crippen LogP contribution in [-0.2, 0) is 9.59 Å². The molecule has 4 heteroatoms. The van der Waals surface area contributed by atoms with E-state index in [2.05, 4.69) is 10.6 Å². The summed E-state index contributed by atoms with van der Waals surface area (Å²) in [4.78, 5) is 25.9. The van der Waals surface area contributed by atoms with Gasteiger partial charge in [0.15, 0.2) is 0 Å². The smallest absolute Gasteiger partial charge is 0.230 e. The van der Waals surface area contributed by atoms with Crippen LogP contribution in [0.25, 0.3) is 0 Å². The van der Waals surface area contributed by atoms with Crippen LogP contribution in [0.3, 0.4) is 0 Å². The maximum Gasteiger partial charge on any atom is 0.230 e. The van der Waals surface area contributed by atoms with Gasteiger partial charge in [-0.1, -0.05) is 57.2 Å². The Kier molecular flexibility index (Phi) is 4.86. The topological polar surface area (TPSA) is 58.2 Å². The molecule has 3 rings (SSSR count). The molecule has 2 aromatic rings. The minimum Gasteiger partial charge on any atom is -0.326 e. The van der Waals surface area contributed by atoms with Gasteiger partial charge in [0.1, 0.15) is 0 Å². The molecule has 136 valence electrons. The molecule has 0 radical (unpaired) electrons. The average molecular weight is 350 g/mol. The third-order valence-corrected chi connectivity index (χ3v) is 6.12. The number of anilines is 2. The second-order valence-corrected chi connectivity index (χ2v) is 7.82. The van der Waals surface area contributed by atoms with Crippen molar-refractivity contribution in [1.29, 1.82) is 0 Å². The molecule has 4 nitrogen and oxygen atoms in total. The lowest BCUT2D eigenvalue weighted by Crippen LogP contribution is -2.46. The van der Waals surface area contributed by atoms with Crippen molar-refractivity contribution in [3.05, 3.63) is 60.7 Å². The second-order valence-electron chi connectivity index (χ2n) is 7.82. The molecule has 0 saturated heterocycles. The Morgan fingerprint density at radius 1 is 0.846 bits per heavy atom. The van der Waals surface area contributed by atoms with Crippen LogP contribution in [0.2, 0.25) is 0 Å². The zero-order chi connectivity index (χ0) is 18.8. The van der Waals surface area contributed by atoms with Gasteiger partial charge >= 0.3 is 0 Å². The van der Waals surface area contributed by atoms with E-state index in [1.165, 1.54) is 0 Å². The Bertz CT molecular complexity index is 786. The molecule has 0 aliphatic heterocycles. The summed E-state index contributed by atoms with van der Waals surface area (Å²) in [6.45, 7) is 6.03. The number of hydrogen-bond acceptors (Lipinski definition) is 2. The van der Waals surface area contributed by atoms with Crippen molar-refractivity contribution in [1.82, 2.24) is 0 Å². The summed E-state index contributed by atoms with van der Waals surface area (Å²) >= 11 is 0. The highest BCUT2D eigenvalue weighted by Gasteiger charge is 2.57. The Labute approximate surface area is 155 Å². The van der Waals surface area contributed by atoms with E-state index in [1.807, 2.05) is 81.4 Å². The third kappa shape index (κ3) is 3.24. The minimum absolute atomic E-state index is 0.0163. The molecule has 1 saturated carbocycles. The summed E-state index contributed by atoms with van der Waals surface area (Å²) < 4.78 is 0. The number of rotatable bonds is 4. The Morgan fingerprint density at radius 2 is 1.35 bits per heavy atom. The van der Waals surface area contributed by atoms with Gasteiger partial charge in [0.2, 0.25) is 11.8 Å². The summed E-state index contributed by atoms with van der Waals surface area (Å²) in [6.07, 6.45) is 1.38. The Morgan fingerprint density at radius 3 is 1.88 bits per heavy atom. The zero-order valence-corrected chi connectivity index (χ0v) is 15.6. The maximum atomic E-state index is 13.0. The van der Waals surface area contributed by atoms with Gasteiger partial charge < -0.3 is 10.6 Å². The largest absolute Gasteiger partial charge is 0.326 e. The van der Waals surface area contributed by atoms with Crippen LogP contribution in [0, 0.1) is 16.7 Å². The maximum absolute atomic E-state index is 13.0. The van der Waals surface area contributed by atoms with Crippen LogP contribution in [0.1, 0.15) is 33.6 Å². The van der Waals surface area contributed by atoms with Crippen molar-refractivity contribution in [3.8, 4) is 0 Å². The quantitative estimate of drug-likeness (QED) is 0.839. The highest BCUT2D eigenvalue weighted by Crippen LogP contribution is 2.56. The first-order valence-corrected chi connectivity index (χ1v) is 9.07. The molecule has 2 amide bonds. The standard InChI is InChI=1S/C22H26N2O2/c1-21(2)18(19(25)23-16-10-6-4-7-11-16)14-15-22(21,3)20(26)24-17-12-8-5-9-13-17/h4-13,18H,14-15H2,1-3H3,(H,23,25)(H,24,26)/t18-,22-/m0/s1. The molecule has 2 aromatic carbocycles. The van der Waals surface area contributed by atoms with Gasteiger partial charge in [0.25, 0.3) is 0 Å². The molecular weight excluding hydrogens is 324 g/mol. The normalized spacial score (nSPS) is 24.0. The van der Waals surface area contributed by atoms with Crippen molar-refractivity contribution >= 4 is 23.2 Å². The molecule has 0 spiro atoms. The monoisotopic (exact) mass is 350 g/mol. The highest BCUT2D eigenvalue weighted by atomic mass is 16.2. The Hall–Kier alpha value is -2.62. The lowest BCUT2D eigenvalue weighted by atomic mass is 9.65. The molecule has 26 heavy (non-hydrogen) atoms. The van der Waals surface area contributed by atoms with Crippen molar-refractivity contribution < 1.29 is 9.59 Å². The fourth-order valence-corrected chi connectivity index (χ4v) is 3.91. The van der Waals surface area contributed by atoms with E-state index < -0.39 is 10.8 Å². The lowest BCUT2D eigenvalue weighted by molar-refractivity contribution is -0.133. The first kappa shape index (κ1) is 18.2. The summed E-state index contributed by atoms with van der Waals surface area (Å²) in [5.41, 5.74) is 0.508. The third-order valence-electron chi connectivity index (χ3n) is 6.12. The van der Waals surface area contributed by atoms with Gasteiger partial charge in [-0.15, -0.1) is 0 Å². The van der Waals surface area contributed by atoms with Crippen LogP contribution in [0.15, 0.2) is 60.7 Å². The van der Waals surface area contributed by atoms with Crippen LogP contribution in [0.4, 0.5) is 11.4 Å². The SMILES string of the molecule is CC1(C)[C@H](C(=O)Nc2ccccc2)CC[C@@]1(C)C(=O)Nc1ccccc1. The summed E-state index contributed by atoms with van der Waals surface area (Å²) in [6, 6.07) is 18.9. The fourth-order valence-electron chi connectivity index (χ4n) is 3.91. The number of amides is 2. The highest BCUT2D eigenvalue weighted by molar-refractivity contribution is 5.98. The van der Waals surface area contributed by atoms with Crippen LogP contribution >= 0.6 is 0 Å². The minimum atomic E-state index is -0.610. The molecule has 0 aromatic heterocycles. The van der Waals surface area contributed by atoms with Gasteiger partial charge in [-0.2, -0.15) is 0 Å². The summed E-state index contributed by atoms with van der Waals surface area (Å²) in [5.74, 6) is -0.254. The van der Waals surface area contributed by atoms with Crippen molar-refractivity contribution in [2.45, 2.75) is 33.6 Å². The van der Waals surface area contributed by atoms with E-state index >= 15 is 0 Å². The number of nitrogens with one attached hydrogen (secondary N) is 2. The van der Waals surface area contributed by atoms with Crippen LogP contribution in [0.5, 0.6) is 0 Å². The molecule has 1 aliphatic rings. The molecular formula is C22H26N2O2. The molecule has 2 atom stereocenters. The van der Waals surface area contributed by atoms with Crippen LogP contribution in [-0.4, -0.2) is 11.8 Å². The van der Waals surface area contributed by atoms with E-state index in [0.29, 0.717) is 12.8 Å². The number of benzene rings is 2. The van der Waals surface area contributed by atoms with Gasteiger partial charge in [-0.25, -0.2) is 0 Å². The average Bonchev–Trinajstić information content (AvgIpc) is 2.87. The van der Waals surface area contributed by atoms with Gasteiger partial charge in [0.05, 0.1) is 5.41 Å². The van der Waals surface area contributed by atoms with Gasteiger partial charge in [-0.3, -0.25) is 9.59 Å². The number of hydrogen-bond donors (Lipinski definition) is 2. The van der Waals surface area contributed by atoms with E-state index in [9.17, 15) is 9.59 Å². The van der Waals surface area contributed by atoms with Crippen molar-refractivity contribution in [2.75, 3.05) is 10.6 Å². The zero-order valence-electron chi connectivity index (χ0n) is 15.6. The predicted octanol–water partition coefficient (Wildman–Crippen LogP) is 4.71. The molecule has 1 aliphatic carbocycles. The Balaban J connectivity index is 1.76. The van der Waals surface area contributed by atoms with Crippen molar-refractivity contribution in [2.24, 2.45) is 16.7 Å². The molecule has 2 N–H and O–H groups in total. The molecule has 1 fully saturated rings. The summed E-state index contributed by atoms with van der Waals surface area (Å²) in [5, 5.41) is 6.01. The predicted molar refractivity (Wildman–Crippen MR) is 105 cm³/mol. The van der Waals surface area contributed by atoms with Crippen molar-refractivity contribution in [3.63, 3.8) is 0 Å². The molecule has 0 heterocycles. The first-order valence-electron chi connectivity index (χ1n) is 9.07. The van der Waals surface area contributed by atoms with E-state index in [4.69, 9.17) is 0 Å². The second kappa shape index (κ2) is 6.94. The number of para-hydroxylation sites is 2. The van der Waals surface area contributed by atoms with E-state index in [0.717, 1.165) is 11.4 Å². The van der Waals surface area contributed by atoms with E-state index in [-0.39, 0.29) is 17.7 Å². The number of carbonyl (C=O) groups is 2. The molecule has 0 bridgehead atoms. The van der Waals surface area contributed by atoms with Crippen LogP contribution < -0.4 is 10.6 Å². The lowest BCUT2D eigenvalue weighted by Gasteiger charge is -2.39. The number of carbonyl (C=O) groups excluding carboxylic acids is 2. The molecule has 0 unspecified atom stereocenters.